The minimum Gasteiger partial charge on any atom is -0.398 e. The molecule has 0 aromatic carbocycles. The van der Waals surface area contributed by atoms with Gasteiger partial charge in [-0.3, -0.25) is 0 Å². The van der Waals surface area contributed by atoms with Crippen molar-refractivity contribution in [2.24, 2.45) is 5.73 Å². The summed E-state index contributed by atoms with van der Waals surface area (Å²) in [4.78, 5) is 0.720. The van der Waals surface area contributed by atoms with Gasteiger partial charge in [0.1, 0.15) is 0 Å². The van der Waals surface area contributed by atoms with Crippen LogP contribution in [-0.4, -0.2) is 0 Å². The third-order valence-electron chi connectivity index (χ3n) is 0.990. The molecule has 1 nitrogen and oxygen atoms in total. The first-order valence-electron chi connectivity index (χ1n) is 2.76. The Morgan fingerprint density at radius 3 is 2.50 bits per heavy atom. The van der Waals surface area contributed by atoms with E-state index in [1.165, 1.54) is 0 Å². The number of rotatable bonds is 2. The highest BCUT2D eigenvalue weighted by Crippen LogP contribution is 2.20. The number of thiol groups is 1. The van der Waals surface area contributed by atoms with Crippen LogP contribution in [-0.2, 0) is 0 Å². The second-order valence-electron chi connectivity index (χ2n) is 1.64. The Labute approximate surface area is 75.2 Å². The summed E-state index contributed by atoms with van der Waals surface area (Å²) in [7, 11) is 0. The molecule has 0 heterocycles. The molecule has 0 rings (SSSR count). The molecular formula is C7H10BrNS. The lowest BCUT2D eigenvalue weighted by Gasteiger charge is -1.99. The van der Waals surface area contributed by atoms with E-state index in [0.29, 0.717) is 5.70 Å². The van der Waals surface area contributed by atoms with Gasteiger partial charge in [0.2, 0.25) is 0 Å². The molecular weight excluding hydrogens is 210 g/mol. The van der Waals surface area contributed by atoms with E-state index in [4.69, 9.17) is 5.73 Å². The lowest BCUT2D eigenvalue weighted by molar-refractivity contribution is 1.38. The van der Waals surface area contributed by atoms with Crippen molar-refractivity contribution in [2.75, 3.05) is 0 Å². The second kappa shape index (κ2) is 4.63. The summed E-state index contributed by atoms with van der Waals surface area (Å²) in [6, 6.07) is 0. The van der Waals surface area contributed by atoms with E-state index < -0.39 is 0 Å². The molecule has 0 saturated carbocycles. The highest BCUT2D eigenvalue weighted by Gasteiger charge is 1.96. The normalized spacial score (nSPS) is 14.5. The molecule has 0 atom stereocenters. The minimum atomic E-state index is 0.648. The SMILES string of the molecule is C=C/C(Br)=C(S)\C(N)=C/C. The molecule has 0 aliphatic heterocycles. The van der Waals surface area contributed by atoms with Gasteiger partial charge < -0.3 is 5.73 Å². The van der Waals surface area contributed by atoms with Gasteiger partial charge >= 0.3 is 0 Å². The first-order valence-corrected chi connectivity index (χ1v) is 4.00. The zero-order valence-corrected chi connectivity index (χ0v) is 8.24. The molecule has 0 aromatic heterocycles. The number of allylic oxidation sites excluding steroid dienone is 3. The fourth-order valence-corrected chi connectivity index (χ4v) is 0.821. The predicted octanol–water partition coefficient (Wildman–Crippen LogP) is 2.57. The zero-order valence-electron chi connectivity index (χ0n) is 5.76. The molecule has 0 amide bonds. The van der Waals surface area contributed by atoms with E-state index in [0.717, 1.165) is 9.39 Å². The summed E-state index contributed by atoms with van der Waals surface area (Å²) in [6.45, 7) is 5.42. The second-order valence-corrected chi connectivity index (χ2v) is 2.95. The molecule has 0 aromatic rings. The molecule has 0 radical (unpaired) electrons. The van der Waals surface area contributed by atoms with Crippen LogP contribution in [0, 0.1) is 0 Å². The Morgan fingerprint density at radius 2 is 2.20 bits per heavy atom. The van der Waals surface area contributed by atoms with Crippen LogP contribution in [0.2, 0.25) is 0 Å². The summed E-state index contributed by atoms with van der Waals surface area (Å²) in [5, 5.41) is 0. The molecule has 0 fully saturated rings. The van der Waals surface area contributed by atoms with Crippen molar-refractivity contribution >= 4 is 28.6 Å². The van der Waals surface area contributed by atoms with Crippen LogP contribution in [0.3, 0.4) is 0 Å². The van der Waals surface area contributed by atoms with E-state index in [2.05, 4.69) is 35.1 Å². The highest BCUT2D eigenvalue weighted by molar-refractivity contribution is 9.12. The van der Waals surface area contributed by atoms with E-state index >= 15 is 0 Å². The van der Waals surface area contributed by atoms with Gasteiger partial charge in [-0.1, -0.05) is 18.7 Å². The number of hydrogen-bond donors (Lipinski definition) is 2. The average Bonchev–Trinajstić information content (AvgIpc) is 2.00. The van der Waals surface area contributed by atoms with E-state index in [1.54, 1.807) is 12.2 Å². The van der Waals surface area contributed by atoms with Crippen molar-refractivity contribution in [3.05, 3.63) is 33.8 Å². The topological polar surface area (TPSA) is 26.0 Å². The maximum absolute atomic E-state index is 5.54. The average molecular weight is 220 g/mol. The maximum Gasteiger partial charge on any atom is 0.0417 e. The van der Waals surface area contributed by atoms with Crippen molar-refractivity contribution in [1.82, 2.24) is 0 Å². The Kier molecular flexibility index (Phi) is 4.56. The molecule has 0 bridgehead atoms. The minimum absolute atomic E-state index is 0.648. The molecule has 56 valence electrons. The number of hydrogen-bond acceptors (Lipinski definition) is 2. The van der Waals surface area contributed by atoms with Gasteiger partial charge in [0.15, 0.2) is 0 Å². The van der Waals surface area contributed by atoms with Crippen LogP contribution < -0.4 is 5.73 Å². The first-order chi connectivity index (χ1) is 4.63. The largest absolute Gasteiger partial charge is 0.398 e. The van der Waals surface area contributed by atoms with Crippen LogP contribution in [0.15, 0.2) is 33.8 Å². The molecule has 0 spiro atoms. The van der Waals surface area contributed by atoms with Crippen LogP contribution in [0.5, 0.6) is 0 Å². The van der Waals surface area contributed by atoms with Gasteiger partial charge in [-0.05, 0) is 22.9 Å². The summed E-state index contributed by atoms with van der Waals surface area (Å²) in [6.07, 6.45) is 3.44. The Balaban J connectivity index is 4.63. The molecule has 0 saturated heterocycles. The van der Waals surface area contributed by atoms with Crippen LogP contribution in [0.25, 0.3) is 0 Å². The molecule has 10 heavy (non-hydrogen) atoms. The monoisotopic (exact) mass is 219 g/mol. The Morgan fingerprint density at radius 1 is 1.70 bits per heavy atom. The van der Waals surface area contributed by atoms with Gasteiger partial charge in [0, 0.05) is 15.1 Å². The van der Waals surface area contributed by atoms with Crippen molar-refractivity contribution < 1.29 is 0 Å². The van der Waals surface area contributed by atoms with Crippen molar-refractivity contribution in [3.63, 3.8) is 0 Å². The van der Waals surface area contributed by atoms with Crippen molar-refractivity contribution in [2.45, 2.75) is 6.92 Å². The summed E-state index contributed by atoms with van der Waals surface area (Å²) in [5.41, 5.74) is 6.19. The van der Waals surface area contributed by atoms with Gasteiger partial charge in [0.25, 0.3) is 0 Å². The molecule has 0 aliphatic rings. The molecule has 0 unspecified atom stereocenters. The molecule has 2 N–H and O–H groups in total. The maximum atomic E-state index is 5.54. The quantitative estimate of drug-likeness (QED) is 0.542. The van der Waals surface area contributed by atoms with Gasteiger partial charge in [-0.25, -0.2) is 0 Å². The van der Waals surface area contributed by atoms with Crippen LogP contribution >= 0.6 is 28.6 Å². The smallest absolute Gasteiger partial charge is 0.0417 e. The van der Waals surface area contributed by atoms with E-state index in [9.17, 15) is 0 Å². The van der Waals surface area contributed by atoms with Gasteiger partial charge in [0.05, 0.1) is 0 Å². The fourth-order valence-electron chi connectivity index (χ4n) is 0.371. The van der Waals surface area contributed by atoms with Crippen molar-refractivity contribution in [3.8, 4) is 0 Å². The molecule has 0 aliphatic carbocycles. The third kappa shape index (κ3) is 2.62. The number of halogens is 1. The summed E-state index contributed by atoms with van der Waals surface area (Å²) < 4.78 is 0.812. The number of nitrogens with two attached hydrogens (primary N) is 1. The zero-order chi connectivity index (χ0) is 8.15. The van der Waals surface area contributed by atoms with Gasteiger partial charge in [-0.2, -0.15) is 0 Å². The summed E-state index contributed by atoms with van der Waals surface area (Å²) in [5.74, 6) is 0. The Bertz CT molecular complexity index is 194. The third-order valence-corrected chi connectivity index (χ3v) is 2.52. The standard InChI is InChI=1S/C7H10BrNS/c1-3-5(8)7(10)6(9)4-2/h3-4,10H,1,9H2,2H3/b6-4+,7-5-. The van der Waals surface area contributed by atoms with E-state index in [-0.39, 0.29) is 0 Å². The summed E-state index contributed by atoms with van der Waals surface area (Å²) >= 11 is 7.40. The van der Waals surface area contributed by atoms with Crippen LogP contribution in [0.1, 0.15) is 6.92 Å². The lowest BCUT2D eigenvalue weighted by Crippen LogP contribution is -1.96. The van der Waals surface area contributed by atoms with Crippen molar-refractivity contribution in [1.29, 1.82) is 0 Å². The Hall–Kier alpha value is -0.150. The predicted molar refractivity (Wildman–Crippen MR) is 53.1 cm³/mol. The highest BCUT2D eigenvalue weighted by atomic mass is 79.9. The van der Waals surface area contributed by atoms with Crippen LogP contribution in [0.4, 0.5) is 0 Å². The lowest BCUT2D eigenvalue weighted by atomic mass is 10.3. The first kappa shape index (κ1) is 9.85. The van der Waals surface area contributed by atoms with E-state index in [1.807, 2.05) is 6.92 Å². The molecule has 3 heteroatoms. The fraction of sp³-hybridized carbons (Fsp3) is 0.143. The van der Waals surface area contributed by atoms with Gasteiger partial charge in [-0.15, -0.1) is 12.6 Å².